The average molecular weight is 431 g/mol. The summed E-state index contributed by atoms with van der Waals surface area (Å²) in [4.78, 5) is 12.3. The summed E-state index contributed by atoms with van der Waals surface area (Å²) in [5.41, 5.74) is 4.02. The van der Waals surface area contributed by atoms with Crippen LogP contribution >= 0.6 is 23.2 Å². The van der Waals surface area contributed by atoms with Crippen molar-refractivity contribution in [2.24, 2.45) is 5.92 Å². The third-order valence-corrected chi connectivity index (χ3v) is 8.15. The van der Waals surface area contributed by atoms with Crippen LogP contribution in [0.25, 0.3) is 0 Å². The summed E-state index contributed by atoms with van der Waals surface area (Å²) in [6.45, 7) is 1.95. The number of amides is 1. The molecule has 1 aromatic carbocycles. The maximum atomic E-state index is 13.2. The highest BCUT2D eigenvalue weighted by Crippen LogP contribution is 2.35. The standard InChI is InChI=1S/C17H20Cl2N4O3S/c18-11-1-2-14(12(19)7-11)27(25,26)15-9-21-23-13(8-16(24)22-17(15)23)10-3-5-20-6-4-10/h1-2,7-8,10,15,17,20-21H,3-6,9H2,(H,22,24). The van der Waals surface area contributed by atoms with E-state index in [2.05, 4.69) is 16.1 Å². The molecule has 146 valence electrons. The third-order valence-electron chi connectivity index (χ3n) is 5.30. The van der Waals surface area contributed by atoms with Crippen LogP contribution in [0.2, 0.25) is 10.0 Å². The van der Waals surface area contributed by atoms with Gasteiger partial charge in [0.25, 0.3) is 0 Å². The molecule has 2 unspecified atom stereocenters. The van der Waals surface area contributed by atoms with Crippen LogP contribution in [-0.4, -0.2) is 50.4 Å². The molecule has 0 aliphatic carbocycles. The quantitative estimate of drug-likeness (QED) is 0.669. The molecule has 2 fully saturated rings. The number of rotatable bonds is 3. The number of hydrazine groups is 1. The molecule has 10 heteroatoms. The molecule has 2 atom stereocenters. The first kappa shape index (κ1) is 19.0. The van der Waals surface area contributed by atoms with Gasteiger partial charge in [-0.05, 0) is 44.1 Å². The highest BCUT2D eigenvalue weighted by Gasteiger charge is 2.48. The molecule has 4 rings (SSSR count). The van der Waals surface area contributed by atoms with Crippen LogP contribution in [0.15, 0.2) is 34.9 Å². The predicted octanol–water partition coefficient (Wildman–Crippen LogP) is 1.30. The number of hydrogen-bond donors (Lipinski definition) is 3. The van der Waals surface area contributed by atoms with E-state index in [4.69, 9.17) is 23.2 Å². The molecule has 3 aliphatic rings. The number of piperidine rings is 1. The first-order chi connectivity index (χ1) is 12.9. The molecule has 3 heterocycles. The van der Waals surface area contributed by atoms with E-state index in [9.17, 15) is 13.2 Å². The van der Waals surface area contributed by atoms with Crippen LogP contribution in [0.4, 0.5) is 0 Å². The number of sulfone groups is 1. The summed E-state index contributed by atoms with van der Waals surface area (Å²) in [5.74, 6) is -0.0521. The third kappa shape index (κ3) is 3.45. The molecule has 0 spiro atoms. The van der Waals surface area contributed by atoms with E-state index in [0.29, 0.717) is 5.02 Å². The molecule has 7 nitrogen and oxygen atoms in total. The lowest BCUT2D eigenvalue weighted by molar-refractivity contribution is -0.119. The van der Waals surface area contributed by atoms with Gasteiger partial charge in [-0.15, -0.1) is 0 Å². The first-order valence-electron chi connectivity index (χ1n) is 8.82. The van der Waals surface area contributed by atoms with Crippen molar-refractivity contribution < 1.29 is 13.2 Å². The lowest BCUT2D eigenvalue weighted by atomic mass is 9.93. The van der Waals surface area contributed by atoms with Gasteiger partial charge in [-0.2, -0.15) is 0 Å². The van der Waals surface area contributed by atoms with Crippen LogP contribution in [0, 0.1) is 5.92 Å². The number of fused-ring (bicyclic) bond motifs is 1. The monoisotopic (exact) mass is 430 g/mol. The second-order valence-electron chi connectivity index (χ2n) is 6.94. The number of hydrogen-bond acceptors (Lipinski definition) is 6. The summed E-state index contributed by atoms with van der Waals surface area (Å²) in [6.07, 6.45) is 2.71. The fraction of sp³-hybridized carbons (Fsp3) is 0.471. The van der Waals surface area contributed by atoms with Gasteiger partial charge < -0.3 is 10.6 Å². The van der Waals surface area contributed by atoms with Crippen LogP contribution < -0.4 is 16.1 Å². The zero-order valence-corrected chi connectivity index (χ0v) is 16.7. The van der Waals surface area contributed by atoms with Gasteiger partial charge in [-0.25, -0.2) is 13.8 Å². The van der Waals surface area contributed by atoms with Crippen LogP contribution in [0.5, 0.6) is 0 Å². The maximum Gasteiger partial charge on any atom is 0.247 e. The van der Waals surface area contributed by atoms with Gasteiger partial charge in [0.2, 0.25) is 5.91 Å². The molecule has 2 saturated heterocycles. The Bertz CT molecular complexity index is 899. The number of benzene rings is 1. The number of carbonyl (C=O) groups excluding carboxylic acids is 1. The SMILES string of the molecule is O=C1C=C(C2CCNCC2)N2NCC(S(=O)(=O)c3ccc(Cl)cc3Cl)C2N1. The molecule has 0 bridgehead atoms. The van der Waals surface area contributed by atoms with Crippen molar-refractivity contribution in [1.82, 2.24) is 21.1 Å². The van der Waals surface area contributed by atoms with Crippen LogP contribution in [0.1, 0.15) is 12.8 Å². The Hall–Kier alpha value is -1.32. The molecule has 1 aromatic rings. The van der Waals surface area contributed by atoms with Gasteiger partial charge >= 0.3 is 0 Å². The Labute approximate surface area is 168 Å². The van der Waals surface area contributed by atoms with E-state index in [1.54, 1.807) is 6.08 Å². The summed E-state index contributed by atoms with van der Waals surface area (Å²) in [7, 11) is -3.78. The second kappa shape index (κ2) is 7.25. The van der Waals surface area contributed by atoms with Crippen LogP contribution in [-0.2, 0) is 14.6 Å². The number of nitrogens with one attached hydrogen (secondary N) is 3. The molecule has 3 aliphatic heterocycles. The molecule has 3 N–H and O–H groups in total. The van der Waals surface area contributed by atoms with E-state index in [1.165, 1.54) is 18.2 Å². The van der Waals surface area contributed by atoms with Gasteiger partial charge in [0.1, 0.15) is 11.4 Å². The smallest absolute Gasteiger partial charge is 0.247 e. The van der Waals surface area contributed by atoms with E-state index in [1.807, 2.05) is 5.01 Å². The molecule has 27 heavy (non-hydrogen) atoms. The fourth-order valence-corrected chi connectivity index (χ4v) is 6.41. The van der Waals surface area contributed by atoms with E-state index >= 15 is 0 Å². The molecular formula is C17H20Cl2N4O3S. The first-order valence-corrected chi connectivity index (χ1v) is 11.1. The number of nitrogens with zero attached hydrogens (tertiary/aromatic N) is 1. The zero-order valence-electron chi connectivity index (χ0n) is 14.4. The van der Waals surface area contributed by atoms with Gasteiger partial charge in [-0.3, -0.25) is 9.80 Å². The van der Waals surface area contributed by atoms with Crippen molar-refractivity contribution in [3.05, 3.63) is 40.0 Å². The molecule has 0 aromatic heterocycles. The van der Waals surface area contributed by atoms with E-state index < -0.39 is 21.3 Å². The Balaban J connectivity index is 1.65. The summed E-state index contributed by atoms with van der Waals surface area (Å²) >= 11 is 12.0. The van der Waals surface area contributed by atoms with E-state index in [0.717, 1.165) is 31.6 Å². The Morgan fingerprint density at radius 3 is 2.59 bits per heavy atom. The minimum atomic E-state index is -3.78. The number of allylic oxidation sites excluding steroid dienone is 1. The fourth-order valence-electron chi connectivity index (χ4n) is 3.95. The van der Waals surface area contributed by atoms with Crippen LogP contribution in [0.3, 0.4) is 0 Å². The van der Waals surface area contributed by atoms with Gasteiger partial charge in [0, 0.05) is 29.3 Å². The summed E-state index contributed by atoms with van der Waals surface area (Å²) in [5, 5.41) is 7.49. The van der Waals surface area contributed by atoms with E-state index in [-0.39, 0.29) is 28.3 Å². The summed E-state index contributed by atoms with van der Waals surface area (Å²) < 4.78 is 26.5. The van der Waals surface area contributed by atoms with Gasteiger partial charge in [-0.1, -0.05) is 23.2 Å². The molecule has 0 radical (unpaired) electrons. The average Bonchev–Trinajstić information content (AvgIpc) is 3.06. The second-order valence-corrected chi connectivity index (χ2v) is 9.92. The van der Waals surface area contributed by atoms with Crippen molar-refractivity contribution >= 4 is 38.9 Å². The lowest BCUT2D eigenvalue weighted by Gasteiger charge is -2.38. The minimum Gasteiger partial charge on any atom is -0.330 e. The van der Waals surface area contributed by atoms with Crippen molar-refractivity contribution in [3.63, 3.8) is 0 Å². The topological polar surface area (TPSA) is 90.5 Å². The number of carbonyl (C=O) groups is 1. The Morgan fingerprint density at radius 2 is 1.89 bits per heavy atom. The van der Waals surface area contributed by atoms with Gasteiger partial charge in [0.05, 0.1) is 9.92 Å². The maximum absolute atomic E-state index is 13.2. The Morgan fingerprint density at radius 1 is 1.15 bits per heavy atom. The van der Waals surface area contributed by atoms with Crippen molar-refractivity contribution in [2.45, 2.75) is 29.2 Å². The van der Waals surface area contributed by atoms with Crippen molar-refractivity contribution in [1.29, 1.82) is 0 Å². The lowest BCUT2D eigenvalue weighted by Crippen LogP contribution is -2.56. The van der Waals surface area contributed by atoms with Crippen molar-refractivity contribution in [3.8, 4) is 0 Å². The van der Waals surface area contributed by atoms with Crippen molar-refractivity contribution in [2.75, 3.05) is 19.6 Å². The van der Waals surface area contributed by atoms with Gasteiger partial charge in [0.15, 0.2) is 9.84 Å². The molecular weight excluding hydrogens is 411 g/mol. The summed E-state index contributed by atoms with van der Waals surface area (Å²) in [6, 6.07) is 4.33. The largest absolute Gasteiger partial charge is 0.330 e. The highest BCUT2D eigenvalue weighted by molar-refractivity contribution is 7.92. The normalized spacial score (nSPS) is 26.5. The number of halogens is 2. The highest BCUT2D eigenvalue weighted by atomic mass is 35.5. The zero-order chi connectivity index (χ0) is 19.2. The predicted molar refractivity (Wildman–Crippen MR) is 103 cm³/mol. The molecule has 1 amide bonds. The minimum absolute atomic E-state index is 0.0226. The molecule has 0 saturated carbocycles. The Kier molecular flexibility index (Phi) is 5.11.